The Kier molecular flexibility index (Phi) is 2.61. The van der Waals surface area contributed by atoms with E-state index in [4.69, 9.17) is 4.42 Å². The van der Waals surface area contributed by atoms with Gasteiger partial charge in [-0.3, -0.25) is 4.79 Å². The van der Waals surface area contributed by atoms with Crippen LogP contribution in [0.15, 0.2) is 21.0 Å². The van der Waals surface area contributed by atoms with Gasteiger partial charge in [0, 0.05) is 17.8 Å². The molecule has 0 unspecified atom stereocenters. The van der Waals surface area contributed by atoms with Crippen molar-refractivity contribution in [2.75, 3.05) is 0 Å². The minimum atomic E-state index is 0.135. The fraction of sp³-hybridized carbons (Fsp3) is 0.273. The maximum absolute atomic E-state index is 11.0. The first kappa shape index (κ1) is 10.4. The molecule has 4 heteroatoms. The van der Waals surface area contributed by atoms with Gasteiger partial charge in [0.2, 0.25) is 0 Å². The van der Waals surface area contributed by atoms with Gasteiger partial charge in [0.25, 0.3) is 0 Å². The normalized spacial score (nSPS) is 10.9. The van der Waals surface area contributed by atoms with Gasteiger partial charge in [-0.05, 0) is 24.6 Å². The summed E-state index contributed by atoms with van der Waals surface area (Å²) >= 11 is 3.42. The van der Waals surface area contributed by atoms with Crippen LogP contribution in [-0.2, 0) is 11.2 Å². The molecule has 0 aliphatic carbocycles. The Labute approximate surface area is 95.6 Å². The van der Waals surface area contributed by atoms with Gasteiger partial charge in [-0.2, -0.15) is 0 Å². The molecule has 0 atom stereocenters. The summed E-state index contributed by atoms with van der Waals surface area (Å²) in [7, 11) is 0. The molecular weight excluding hydrogens is 258 g/mol. The van der Waals surface area contributed by atoms with Crippen LogP contribution in [0.1, 0.15) is 18.4 Å². The van der Waals surface area contributed by atoms with Crippen molar-refractivity contribution in [3.05, 3.63) is 28.1 Å². The fourth-order valence-electron chi connectivity index (χ4n) is 1.51. The minimum absolute atomic E-state index is 0.135. The Balaban J connectivity index is 2.55. The highest BCUT2D eigenvalue weighted by molar-refractivity contribution is 9.10. The lowest BCUT2D eigenvalue weighted by Crippen LogP contribution is -1.97. The van der Waals surface area contributed by atoms with E-state index in [2.05, 4.69) is 20.9 Å². The van der Waals surface area contributed by atoms with E-state index >= 15 is 0 Å². The fourth-order valence-corrected chi connectivity index (χ4v) is 1.97. The van der Waals surface area contributed by atoms with Crippen LogP contribution in [0.3, 0.4) is 0 Å². The number of ketones is 1. The topological polar surface area (TPSA) is 43.1 Å². The first-order chi connectivity index (χ1) is 7.06. The lowest BCUT2D eigenvalue weighted by atomic mass is 10.1. The molecule has 0 aliphatic heterocycles. The first-order valence-electron chi connectivity index (χ1n) is 4.61. The zero-order chi connectivity index (χ0) is 11.0. The van der Waals surface area contributed by atoms with E-state index in [9.17, 15) is 4.79 Å². The van der Waals surface area contributed by atoms with E-state index in [0.717, 1.165) is 21.1 Å². The van der Waals surface area contributed by atoms with Crippen molar-refractivity contribution >= 4 is 32.8 Å². The van der Waals surface area contributed by atoms with Crippen LogP contribution in [0.5, 0.6) is 0 Å². The Morgan fingerprint density at radius 2 is 2.27 bits per heavy atom. The summed E-state index contributed by atoms with van der Waals surface area (Å²) in [6, 6.07) is 3.74. The van der Waals surface area contributed by atoms with Gasteiger partial charge in [0.15, 0.2) is 11.5 Å². The average Bonchev–Trinajstić information content (AvgIpc) is 2.44. The summed E-state index contributed by atoms with van der Waals surface area (Å²) < 4.78 is 6.27. The van der Waals surface area contributed by atoms with Crippen molar-refractivity contribution in [2.45, 2.75) is 20.3 Å². The standard InChI is InChI=1S/C11H10BrNO2/c1-6(14)3-8-4-10-11(5-9(8)12)15-7(2)13-10/h4-5H,3H2,1-2H3. The van der Waals surface area contributed by atoms with Crippen molar-refractivity contribution in [3.8, 4) is 0 Å². The summed E-state index contributed by atoms with van der Waals surface area (Å²) in [4.78, 5) is 15.3. The van der Waals surface area contributed by atoms with Crippen molar-refractivity contribution in [1.82, 2.24) is 4.98 Å². The molecule has 1 heterocycles. The van der Waals surface area contributed by atoms with E-state index in [1.54, 1.807) is 13.8 Å². The molecule has 0 radical (unpaired) electrons. The van der Waals surface area contributed by atoms with E-state index in [0.29, 0.717) is 12.3 Å². The Hall–Kier alpha value is -1.16. The third-order valence-electron chi connectivity index (χ3n) is 2.10. The number of aromatic nitrogens is 1. The second-order valence-corrected chi connectivity index (χ2v) is 4.38. The van der Waals surface area contributed by atoms with Crippen LogP contribution in [0.25, 0.3) is 11.1 Å². The molecular formula is C11H10BrNO2. The number of Topliss-reactive ketones (excluding diaryl/α,β-unsaturated/α-hetero) is 1. The molecule has 15 heavy (non-hydrogen) atoms. The number of benzene rings is 1. The van der Waals surface area contributed by atoms with Crippen LogP contribution in [-0.4, -0.2) is 10.8 Å². The van der Waals surface area contributed by atoms with Gasteiger partial charge in [0.05, 0.1) is 0 Å². The third-order valence-corrected chi connectivity index (χ3v) is 2.84. The third kappa shape index (κ3) is 2.09. The molecule has 0 saturated carbocycles. The SMILES string of the molecule is CC(=O)Cc1cc2nc(C)oc2cc1Br. The number of hydrogen-bond acceptors (Lipinski definition) is 3. The second-order valence-electron chi connectivity index (χ2n) is 3.52. The summed E-state index contributed by atoms with van der Waals surface area (Å²) in [6.07, 6.45) is 0.419. The van der Waals surface area contributed by atoms with E-state index in [1.807, 2.05) is 12.1 Å². The molecule has 0 aliphatic rings. The maximum atomic E-state index is 11.0. The Bertz CT molecular complexity index is 531. The second kappa shape index (κ2) is 3.77. The molecule has 0 saturated heterocycles. The predicted molar refractivity (Wildman–Crippen MR) is 60.8 cm³/mol. The predicted octanol–water partition coefficient (Wildman–Crippen LogP) is 3.03. The van der Waals surface area contributed by atoms with Crippen LogP contribution < -0.4 is 0 Å². The van der Waals surface area contributed by atoms with Crippen LogP contribution in [0.4, 0.5) is 0 Å². The Morgan fingerprint density at radius 3 is 2.93 bits per heavy atom. The largest absolute Gasteiger partial charge is 0.441 e. The zero-order valence-electron chi connectivity index (χ0n) is 8.50. The number of carbonyl (C=O) groups is 1. The Morgan fingerprint density at radius 1 is 1.53 bits per heavy atom. The van der Waals surface area contributed by atoms with Crippen LogP contribution in [0.2, 0.25) is 0 Å². The smallest absolute Gasteiger partial charge is 0.192 e. The van der Waals surface area contributed by atoms with E-state index < -0.39 is 0 Å². The van der Waals surface area contributed by atoms with Gasteiger partial charge in [-0.15, -0.1) is 0 Å². The molecule has 0 spiro atoms. The van der Waals surface area contributed by atoms with Gasteiger partial charge in [-0.1, -0.05) is 15.9 Å². The molecule has 0 bridgehead atoms. The molecule has 0 N–H and O–H groups in total. The van der Waals surface area contributed by atoms with Crippen molar-refractivity contribution < 1.29 is 9.21 Å². The molecule has 3 nitrogen and oxygen atoms in total. The number of rotatable bonds is 2. The van der Waals surface area contributed by atoms with Crippen molar-refractivity contribution in [2.24, 2.45) is 0 Å². The summed E-state index contributed by atoms with van der Waals surface area (Å²) in [6.45, 7) is 3.38. The van der Waals surface area contributed by atoms with Gasteiger partial charge in [0.1, 0.15) is 11.3 Å². The highest BCUT2D eigenvalue weighted by Crippen LogP contribution is 2.25. The van der Waals surface area contributed by atoms with Gasteiger partial charge in [-0.25, -0.2) is 4.98 Å². The lowest BCUT2D eigenvalue weighted by molar-refractivity contribution is -0.116. The summed E-state index contributed by atoms with van der Waals surface area (Å²) in [5.74, 6) is 0.771. The number of nitrogens with zero attached hydrogens (tertiary/aromatic N) is 1. The highest BCUT2D eigenvalue weighted by atomic mass is 79.9. The zero-order valence-corrected chi connectivity index (χ0v) is 10.1. The monoisotopic (exact) mass is 267 g/mol. The van der Waals surface area contributed by atoms with Crippen LogP contribution in [0, 0.1) is 6.92 Å². The first-order valence-corrected chi connectivity index (χ1v) is 5.40. The van der Waals surface area contributed by atoms with E-state index in [-0.39, 0.29) is 5.78 Å². The number of fused-ring (bicyclic) bond motifs is 1. The van der Waals surface area contributed by atoms with Gasteiger partial charge >= 0.3 is 0 Å². The number of carbonyl (C=O) groups excluding carboxylic acids is 1. The number of aryl methyl sites for hydroxylation is 1. The number of oxazole rings is 1. The molecule has 0 fully saturated rings. The van der Waals surface area contributed by atoms with Crippen molar-refractivity contribution in [3.63, 3.8) is 0 Å². The summed E-state index contributed by atoms with van der Waals surface area (Å²) in [5, 5.41) is 0. The number of hydrogen-bond donors (Lipinski definition) is 0. The molecule has 0 amide bonds. The summed E-state index contributed by atoms with van der Waals surface area (Å²) in [5.41, 5.74) is 2.49. The molecule has 2 rings (SSSR count). The van der Waals surface area contributed by atoms with Crippen molar-refractivity contribution in [1.29, 1.82) is 0 Å². The van der Waals surface area contributed by atoms with Crippen LogP contribution >= 0.6 is 15.9 Å². The lowest BCUT2D eigenvalue weighted by Gasteiger charge is -2.00. The average molecular weight is 268 g/mol. The molecule has 1 aromatic heterocycles. The molecule has 78 valence electrons. The molecule has 1 aromatic carbocycles. The quantitative estimate of drug-likeness (QED) is 0.840. The van der Waals surface area contributed by atoms with Gasteiger partial charge < -0.3 is 4.42 Å². The number of halogens is 1. The highest BCUT2D eigenvalue weighted by Gasteiger charge is 2.09. The maximum Gasteiger partial charge on any atom is 0.192 e. The molecule has 2 aromatic rings. The minimum Gasteiger partial charge on any atom is -0.441 e. The van der Waals surface area contributed by atoms with E-state index in [1.165, 1.54) is 0 Å².